The van der Waals surface area contributed by atoms with Gasteiger partial charge in [0.05, 0.1) is 30.6 Å². The van der Waals surface area contributed by atoms with Gasteiger partial charge in [-0.1, -0.05) is 0 Å². The van der Waals surface area contributed by atoms with Crippen molar-refractivity contribution in [3.63, 3.8) is 0 Å². The van der Waals surface area contributed by atoms with Gasteiger partial charge >= 0.3 is 5.97 Å². The molecule has 1 saturated heterocycles. The first kappa shape index (κ1) is 17.9. The van der Waals surface area contributed by atoms with Crippen molar-refractivity contribution in [1.29, 1.82) is 0 Å². The lowest BCUT2D eigenvalue weighted by Crippen LogP contribution is -2.53. The van der Waals surface area contributed by atoms with E-state index in [-0.39, 0.29) is 17.6 Å². The Morgan fingerprint density at radius 3 is 2.78 bits per heavy atom. The van der Waals surface area contributed by atoms with Crippen LogP contribution in [-0.2, 0) is 4.74 Å². The van der Waals surface area contributed by atoms with Crippen LogP contribution in [0.5, 0.6) is 0 Å². The predicted octanol–water partition coefficient (Wildman–Crippen LogP) is 1.70. The molecule has 27 heavy (non-hydrogen) atoms. The van der Waals surface area contributed by atoms with Crippen molar-refractivity contribution >= 4 is 17.2 Å². The Morgan fingerprint density at radius 1 is 1.41 bits per heavy atom. The number of rotatable bonds is 4. The number of aromatic nitrogens is 1. The highest BCUT2D eigenvalue weighted by Crippen LogP contribution is 2.44. The van der Waals surface area contributed by atoms with Crippen LogP contribution in [0.4, 0.5) is 10.1 Å². The predicted molar refractivity (Wildman–Crippen MR) is 98.3 cm³/mol. The number of carbonyl (C=O) groups is 1. The molecule has 2 fully saturated rings. The molecule has 0 spiro atoms. The molecule has 1 saturated carbocycles. The highest BCUT2D eigenvalue weighted by atomic mass is 19.1. The lowest BCUT2D eigenvalue weighted by Gasteiger charge is -2.38. The summed E-state index contributed by atoms with van der Waals surface area (Å²) in [4.78, 5) is 26.1. The number of hydrogen-bond acceptors (Lipinski definition) is 5. The van der Waals surface area contributed by atoms with Crippen molar-refractivity contribution in [3.8, 4) is 0 Å². The van der Waals surface area contributed by atoms with Crippen LogP contribution >= 0.6 is 0 Å². The molecule has 2 aromatic heterocycles. The molecular weight excluding hydrogens is 353 g/mol. The molecule has 0 bridgehead atoms. The van der Waals surface area contributed by atoms with Gasteiger partial charge in [0, 0.05) is 6.54 Å². The minimum absolute atomic E-state index is 0.177. The summed E-state index contributed by atoms with van der Waals surface area (Å²) < 4.78 is 21.8. The molecule has 8 heteroatoms. The number of halogens is 1. The second-order valence-corrected chi connectivity index (χ2v) is 7.14. The zero-order valence-electron chi connectivity index (χ0n) is 15.3. The molecule has 1 unspecified atom stereocenters. The Kier molecular flexibility index (Phi) is 4.39. The van der Waals surface area contributed by atoms with Crippen LogP contribution in [0.3, 0.4) is 0 Å². The summed E-state index contributed by atoms with van der Waals surface area (Å²) in [7, 11) is 1.79. The molecule has 1 aliphatic heterocycles. The number of fused-ring (bicyclic) bond motifs is 1. The van der Waals surface area contributed by atoms with Crippen LogP contribution < -0.4 is 15.8 Å². The van der Waals surface area contributed by atoms with E-state index in [1.54, 1.807) is 14.0 Å². The molecule has 0 aromatic carbocycles. The number of carboxylic acids is 1. The van der Waals surface area contributed by atoms with E-state index in [4.69, 9.17) is 4.74 Å². The summed E-state index contributed by atoms with van der Waals surface area (Å²) in [5.41, 5.74) is 1.48. The highest BCUT2D eigenvalue weighted by molar-refractivity contribution is 5.89. The standard InChI is InChI=1S/C19H22FN3O4/c1-10-16-12(11-3-4-11)7-13(19(25)26)18(24)23(16)8-14(20)17(10)22-5-6-27-9-15(22)21-2/h7-8,11,15,21H,3-6,9H2,1-2H3,(H,25,26). The number of anilines is 1. The van der Waals surface area contributed by atoms with E-state index in [1.807, 2.05) is 4.90 Å². The first-order valence-electron chi connectivity index (χ1n) is 9.07. The van der Waals surface area contributed by atoms with Gasteiger partial charge in [-0.2, -0.15) is 0 Å². The van der Waals surface area contributed by atoms with E-state index < -0.39 is 17.3 Å². The maximum absolute atomic E-state index is 15.1. The topological polar surface area (TPSA) is 83.3 Å². The summed E-state index contributed by atoms with van der Waals surface area (Å²) in [5, 5.41) is 12.5. The molecule has 7 nitrogen and oxygen atoms in total. The van der Waals surface area contributed by atoms with Crippen LogP contribution in [0.1, 0.15) is 40.2 Å². The second kappa shape index (κ2) is 6.61. The molecule has 0 radical (unpaired) electrons. The Morgan fingerprint density at radius 2 is 2.15 bits per heavy atom. The van der Waals surface area contributed by atoms with Crippen LogP contribution in [0, 0.1) is 12.7 Å². The molecule has 4 rings (SSSR count). The van der Waals surface area contributed by atoms with Gasteiger partial charge in [0.15, 0.2) is 5.82 Å². The van der Waals surface area contributed by atoms with E-state index in [1.165, 1.54) is 10.5 Å². The number of likely N-dealkylation sites (N-methyl/N-ethyl adjacent to an activating group) is 1. The van der Waals surface area contributed by atoms with Gasteiger partial charge < -0.3 is 14.7 Å². The first-order valence-corrected chi connectivity index (χ1v) is 9.07. The van der Waals surface area contributed by atoms with Crippen molar-refractivity contribution in [2.75, 3.05) is 31.7 Å². The number of nitrogens with zero attached hydrogens (tertiary/aromatic N) is 2. The summed E-state index contributed by atoms with van der Waals surface area (Å²) in [6.45, 7) is 3.24. The molecule has 1 atom stereocenters. The number of pyridine rings is 2. The number of ether oxygens (including phenoxy) is 1. The minimum atomic E-state index is -1.29. The monoisotopic (exact) mass is 375 g/mol. The van der Waals surface area contributed by atoms with Gasteiger partial charge in [-0.05, 0) is 49.9 Å². The second-order valence-electron chi connectivity index (χ2n) is 7.14. The van der Waals surface area contributed by atoms with Crippen LogP contribution in [0.15, 0.2) is 17.1 Å². The van der Waals surface area contributed by atoms with Crippen LogP contribution in [0.25, 0.3) is 5.52 Å². The van der Waals surface area contributed by atoms with Crippen molar-refractivity contribution in [1.82, 2.24) is 9.72 Å². The van der Waals surface area contributed by atoms with Gasteiger partial charge in [-0.3, -0.25) is 14.5 Å². The van der Waals surface area contributed by atoms with Gasteiger partial charge in [0.25, 0.3) is 5.56 Å². The molecule has 2 N–H and O–H groups in total. The fourth-order valence-electron chi connectivity index (χ4n) is 3.96. The Bertz CT molecular complexity index is 983. The molecule has 2 aliphatic rings. The van der Waals surface area contributed by atoms with Gasteiger partial charge in [-0.25, -0.2) is 9.18 Å². The lowest BCUT2D eigenvalue weighted by molar-refractivity contribution is 0.0694. The molecule has 0 amide bonds. The lowest BCUT2D eigenvalue weighted by atomic mass is 10.0. The van der Waals surface area contributed by atoms with Crippen molar-refractivity contribution < 1.29 is 19.0 Å². The average molecular weight is 375 g/mol. The van der Waals surface area contributed by atoms with Crippen molar-refractivity contribution in [2.45, 2.75) is 31.8 Å². The largest absolute Gasteiger partial charge is 0.477 e. The van der Waals surface area contributed by atoms with Gasteiger partial charge in [0.2, 0.25) is 0 Å². The number of aromatic carboxylic acids is 1. The van der Waals surface area contributed by atoms with Crippen LogP contribution in [-0.4, -0.2) is 48.4 Å². The molecular formula is C19H22FN3O4. The maximum Gasteiger partial charge on any atom is 0.341 e. The Balaban J connectivity index is 2.01. The number of nitrogens with one attached hydrogen (secondary N) is 1. The molecule has 144 valence electrons. The summed E-state index contributed by atoms with van der Waals surface area (Å²) in [6.07, 6.45) is 2.83. The number of hydrogen-bond donors (Lipinski definition) is 2. The summed E-state index contributed by atoms with van der Waals surface area (Å²) in [5.74, 6) is -1.63. The maximum atomic E-state index is 15.1. The fourth-order valence-corrected chi connectivity index (χ4v) is 3.96. The zero-order valence-corrected chi connectivity index (χ0v) is 15.3. The van der Waals surface area contributed by atoms with Gasteiger partial charge in [-0.15, -0.1) is 0 Å². The van der Waals surface area contributed by atoms with E-state index in [0.717, 1.165) is 24.6 Å². The zero-order chi connectivity index (χ0) is 19.3. The van der Waals surface area contributed by atoms with Crippen LogP contribution in [0.2, 0.25) is 0 Å². The van der Waals surface area contributed by atoms with E-state index in [9.17, 15) is 14.7 Å². The third kappa shape index (κ3) is 2.89. The molecule has 1 aliphatic carbocycles. The summed E-state index contributed by atoms with van der Waals surface area (Å²) in [6, 6.07) is 1.47. The van der Waals surface area contributed by atoms with Gasteiger partial charge in [0.1, 0.15) is 11.7 Å². The Labute approximate surface area is 155 Å². The SMILES string of the molecule is CNC1COCCN1c1c(F)cn2c(=O)c(C(=O)O)cc(C3CC3)c2c1C. The first-order chi connectivity index (χ1) is 12.9. The third-order valence-electron chi connectivity index (χ3n) is 5.44. The van der Waals surface area contributed by atoms with E-state index >= 15 is 4.39 Å². The normalized spacial score (nSPS) is 20.3. The molecule has 2 aromatic rings. The quantitative estimate of drug-likeness (QED) is 0.847. The van der Waals surface area contributed by atoms with E-state index in [0.29, 0.717) is 36.5 Å². The average Bonchev–Trinajstić information content (AvgIpc) is 3.47. The van der Waals surface area contributed by atoms with Crippen molar-refractivity contribution in [2.24, 2.45) is 0 Å². The number of morpholine rings is 1. The highest BCUT2D eigenvalue weighted by Gasteiger charge is 2.32. The minimum Gasteiger partial charge on any atom is -0.477 e. The third-order valence-corrected chi connectivity index (χ3v) is 5.44. The summed E-state index contributed by atoms with van der Waals surface area (Å²) >= 11 is 0. The van der Waals surface area contributed by atoms with E-state index in [2.05, 4.69) is 5.32 Å². The Hall–Kier alpha value is -2.45. The number of aryl methyl sites for hydroxylation is 1. The molecule has 3 heterocycles. The number of carboxylic acid groups (broad SMARTS) is 1. The fraction of sp³-hybridized carbons (Fsp3) is 0.474. The smallest absolute Gasteiger partial charge is 0.341 e. The van der Waals surface area contributed by atoms with Crippen molar-refractivity contribution in [3.05, 3.63) is 45.1 Å².